The molecule has 0 radical (unpaired) electrons. The molecule has 0 unspecified atom stereocenters. The lowest BCUT2D eigenvalue weighted by molar-refractivity contribution is 0.173. The highest BCUT2D eigenvalue weighted by Crippen LogP contribution is 2.30. The average Bonchev–Trinajstić information content (AvgIpc) is 3.16. The van der Waals surface area contributed by atoms with Gasteiger partial charge in [0.05, 0.1) is 10.7 Å². The molecule has 1 aromatic carbocycles. The highest BCUT2D eigenvalue weighted by molar-refractivity contribution is 7.90. The van der Waals surface area contributed by atoms with E-state index >= 15 is 0 Å². The summed E-state index contributed by atoms with van der Waals surface area (Å²) in [5, 5.41) is 0.656. The van der Waals surface area contributed by atoms with Gasteiger partial charge in [-0.05, 0) is 45.0 Å². The summed E-state index contributed by atoms with van der Waals surface area (Å²) in [6, 6.07) is 10.2. The molecule has 1 aliphatic heterocycles. The van der Waals surface area contributed by atoms with Gasteiger partial charge in [0, 0.05) is 23.2 Å². The Balaban J connectivity index is 1.82. The number of hydrogen-bond acceptors (Lipinski definition) is 5. The zero-order valence-electron chi connectivity index (χ0n) is 15.3. The van der Waals surface area contributed by atoms with E-state index in [4.69, 9.17) is 9.31 Å². The van der Waals surface area contributed by atoms with Gasteiger partial charge in [-0.1, -0.05) is 24.3 Å². The molecule has 2 aromatic heterocycles. The predicted octanol–water partition coefficient (Wildman–Crippen LogP) is 2.62. The van der Waals surface area contributed by atoms with Crippen LogP contribution in [0.4, 0.5) is 0 Å². The highest BCUT2D eigenvalue weighted by Gasteiger charge is 2.43. The van der Waals surface area contributed by atoms with Crippen molar-refractivity contribution in [1.82, 2.24) is 8.96 Å². The molecule has 0 bridgehead atoms. The van der Waals surface area contributed by atoms with Crippen LogP contribution >= 0.6 is 0 Å². The van der Waals surface area contributed by atoms with Crippen LogP contribution in [0.3, 0.4) is 0 Å². The molecule has 3 heterocycles. The summed E-state index contributed by atoms with van der Waals surface area (Å²) >= 11 is 0. The lowest BCUT2D eigenvalue weighted by Crippen LogP contribution is -2.35. The second-order valence-corrected chi connectivity index (χ2v) is 8.88. The Morgan fingerprint density at radius 2 is 1.85 bits per heavy atom. The van der Waals surface area contributed by atoms with E-state index in [1.54, 1.807) is 42.6 Å². The van der Waals surface area contributed by atoms with E-state index in [0.29, 0.717) is 22.3 Å². The van der Waals surface area contributed by atoms with Crippen molar-refractivity contribution in [1.29, 1.82) is 0 Å². The van der Waals surface area contributed by atoms with Gasteiger partial charge >= 0.3 is 7.12 Å². The fraction of sp³-hybridized carbons (Fsp3) is 0.211. The summed E-state index contributed by atoms with van der Waals surface area (Å²) in [5.74, 6) is 0.532. The van der Waals surface area contributed by atoms with Crippen LogP contribution in [-0.2, 0) is 19.3 Å². The highest BCUT2D eigenvalue weighted by atomic mass is 32.2. The van der Waals surface area contributed by atoms with Gasteiger partial charge in [0.1, 0.15) is 5.60 Å². The van der Waals surface area contributed by atoms with Crippen LogP contribution in [0.2, 0.25) is 0 Å². The number of fused-ring (bicyclic) bond motifs is 1. The summed E-state index contributed by atoms with van der Waals surface area (Å²) in [6.07, 6.45) is 3.06. The third kappa shape index (κ3) is 2.85. The minimum atomic E-state index is -3.76. The second kappa shape index (κ2) is 5.97. The van der Waals surface area contributed by atoms with Crippen molar-refractivity contribution in [3.8, 4) is 0 Å². The first kappa shape index (κ1) is 17.8. The van der Waals surface area contributed by atoms with Crippen LogP contribution in [0.5, 0.6) is 0 Å². The molecule has 6 nitrogen and oxygen atoms in total. The topological polar surface area (TPSA) is 70.4 Å². The quantitative estimate of drug-likeness (QED) is 0.652. The average molecular weight is 382 g/mol. The maximum absolute atomic E-state index is 13.1. The van der Waals surface area contributed by atoms with Crippen LogP contribution in [-0.4, -0.2) is 30.1 Å². The van der Waals surface area contributed by atoms with Crippen molar-refractivity contribution in [2.24, 2.45) is 0 Å². The molecule has 1 aliphatic rings. The van der Waals surface area contributed by atoms with Crippen molar-refractivity contribution in [3.63, 3.8) is 0 Å². The largest absolute Gasteiger partial charge is 0.564 e. The molecule has 0 N–H and O–H groups in total. The Labute approximate surface area is 158 Å². The Bertz CT molecular complexity index is 1150. The summed E-state index contributed by atoms with van der Waals surface area (Å²) in [6.45, 7) is 9.55. The van der Waals surface area contributed by atoms with Gasteiger partial charge in [0.25, 0.3) is 10.0 Å². The zero-order valence-corrected chi connectivity index (χ0v) is 16.2. The molecule has 138 valence electrons. The summed E-state index contributed by atoms with van der Waals surface area (Å²) in [7, 11) is -4.41. The first-order valence-electron chi connectivity index (χ1n) is 8.52. The van der Waals surface area contributed by atoms with E-state index in [9.17, 15) is 8.42 Å². The summed E-state index contributed by atoms with van der Waals surface area (Å²) in [4.78, 5) is 4.50. The number of benzene rings is 1. The first-order valence-corrected chi connectivity index (χ1v) is 9.96. The Hall–Kier alpha value is -2.58. The smallest absolute Gasteiger partial charge is 0.534 e. The summed E-state index contributed by atoms with van der Waals surface area (Å²) in [5.41, 5.74) is 1.42. The van der Waals surface area contributed by atoms with Crippen molar-refractivity contribution >= 4 is 33.6 Å². The van der Waals surface area contributed by atoms with Gasteiger partial charge in [-0.2, -0.15) is 0 Å². The second-order valence-electron chi connectivity index (χ2n) is 7.07. The third-order valence-electron chi connectivity index (χ3n) is 4.74. The van der Waals surface area contributed by atoms with E-state index in [1.807, 2.05) is 20.8 Å². The SMILES string of the molecule is C=C1OB(c2ccnc3c2ccn3S(=O)(=O)c2ccc(C)cc2)OC1(C)C. The number of rotatable bonds is 3. The molecule has 0 aliphatic carbocycles. The number of aryl methyl sites for hydroxylation is 1. The molecular formula is C19H19BN2O4S. The van der Waals surface area contributed by atoms with E-state index in [0.717, 1.165) is 5.56 Å². The molecule has 0 atom stereocenters. The fourth-order valence-electron chi connectivity index (χ4n) is 3.01. The number of pyridine rings is 1. The van der Waals surface area contributed by atoms with Crippen molar-refractivity contribution in [3.05, 3.63) is 66.7 Å². The van der Waals surface area contributed by atoms with Crippen LogP contribution in [0, 0.1) is 6.92 Å². The van der Waals surface area contributed by atoms with Crippen molar-refractivity contribution in [2.75, 3.05) is 0 Å². The van der Waals surface area contributed by atoms with Crippen molar-refractivity contribution in [2.45, 2.75) is 31.3 Å². The maximum atomic E-state index is 13.1. The molecule has 3 aromatic rings. The third-order valence-corrected chi connectivity index (χ3v) is 6.42. The molecule has 27 heavy (non-hydrogen) atoms. The van der Waals surface area contributed by atoms with Gasteiger partial charge in [-0.25, -0.2) is 17.4 Å². The molecule has 1 fully saturated rings. The predicted molar refractivity (Wildman–Crippen MR) is 104 cm³/mol. The number of aromatic nitrogens is 2. The lowest BCUT2D eigenvalue weighted by Gasteiger charge is -2.15. The fourth-order valence-corrected chi connectivity index (χ4v) is 4.32. The van der Waals surface area contributed by atoms with Crippen LogP contribution < -0.4 is 5.46 Å². The van der Waals surface area contributed by atoms with E-state index in [-0.39, 0.29) is 4.90 Å². The zero-order chi connectivity index (χ0) is 19.4. The van der Waals surface area contributed by atoms with Crippen LogP contribution in [0.15, 0.2) is 66.0 Å². The molecule has 0 saturated carbocycles. The van der Waals surface area contributed by atoms with E-state index < -0.39 is 22.7 Å². The lowest BCUT2D eigenvalue weighted by atomic mass is 9.78. The molecule has 0 spiro atoms. The Kier molecular flexibility index (Phi) is 3.94. The Morgan fingerprint density at radius 1 is 1.15 bits per heavy atom. The minimum Gasteiger partial charge on any atom is -0.534 e. The first-order chi connectivity index (χ1) is 12.7. The standard InChI is InChI=1S/C19H19BN2O4S/c1-13-5-7-15(8-6-13)27(23,24)22-12-10-16-17(9-11-21-18(16)22)20-25-14(2)19(3,4)26-20/h5-12H,2H2,1,3-4H3. The van der Waals surface area contributed by atoms with E-state index in [2.05, 4.69) is 11.6 Å². The molecule has 8 heteroatoms. The van der Waals surface area contributed by atoms with E-state index in [1.165, 1.54) is 10.2 Å². The number of hydrogen-bond donors (Lipinski definition) is 0. The van der Waals surface area contributed by atoms with Gasteiger partial charge < -0.3 is 9.31 Å². The van der Waals surface area contributed by atoms with Gasteiger partial charge in [0.2, 0.25) is 0 Å². The minimum absolute atomic E-state index is 0.209. The maximum Gasteiger partial charge on any atom is 0.564 e. The summed E-state index contributed by atoms with van der Waals surface area (Å²) < 4.78 is 39.0. The number of nitrogens with zero attached hydrogens (tertiary/aromatic N) is 2. The van der Waals surface area contributed by atoms with Crippen molar-refractivity contribution < 1.29 is 17.7 Å². The van der Waals surface area contributed by atoms with Crippen LogP contribution in [0.1, 0.15) is 19.4 Å². The van der Waals surface area contributed by atoms with Crippen LogP contribution in [0.25, 0.3) is 11.0 Å². The van der Waals surface area contributed by atoms with Gasteiger partial charge in [-0.3, -0.25) is 0 Å². The molecule has 4 rings (SSSR count). The molecular weight excluding hydrogens is 363 g/mol. The monoisotopic (exact) mass is 382 g/mol. The Morgan fingerprint density at radius 3 is 2.48 bits per heavy atom. The molecule has 0 amide bonds. The van der Waals surface area contributed by atoms with Gasteiger partial charge in [-0.15, -0.1) is 0 Å². The normalized spacial score (nSPS) is 16.7. The van der Waals surface area contributed by atoms with Gasteiger partial charge in [0.15, 0.2) is 5.65 Å². The molecule has 1 saturated heterocycles.